The van der Waals surface area contributed by atoms with Gasteiger partial charge in [-0.1, -0.05) is 42.5 Å². The number of nitrogens with two attached hydrogens (primary N) is 1. The number of nitrogens with zero attached hydrogens (tertiary/aromatic N) is 2. The summed E-state index contributed by atoms with van der Waals surface area (Å²) in [4.78, 5) is 17.6. The first-order valence-electron chi connectivity index (χ1n) is 13.2. The third-order valence-corrected chi connectivity index (χ3v) is 8.91. The molecule has 208 valence electrons. The highest BCUT2D eigenvalue weighted by Crippen LogP contribution is 2.35. The smallest absolute Gasteiger partial charge is 0.224 e. The Morgan fingerprint density at radius 2 is 1.72 bits per heavy atom. The van der Waals surface area contributed by atoms with Crippen molar-refractivity contribution in [3.05, 3.63) is 72.2 Å². The molecule has 0 atom stereocenters. The van der Waals surface area contributed by atoms with Crippen LogP contribution in [0.25, 0.3) is 22.4 Å². The van der Waals surface area contributed by atoms with Gasteiger partial charge in [-0.25, -0.2) is 17.1 Å². The fraction of sp³-hybridized carbons (Fsp3) is 0.400. The van der Waals surface area contributed by atoms with Gasteiger partial charge in [-0.15, -0.1) is 0 Å². The zero-order valence-electron chi connectivity index (χ0n) is 22.9. The second-order valence-electron chi connectivity index (χ2n) is 11.1. The number of sulfonamides is 1. The van der Waals surface area contributed by atoms with E-state index in [4.69, 9.17) is 5.73 Å². The normalized spacial score (nSPS) is 18.2. The molecule has 3 aromatic rings. The van der Waals surface area contributed by atoms with Gasteiger partial charge in [0.25, 0.3) is 0 Å². The van der Waals surface area contributed by atoms with Crippen molar-refractivity contribution in [2.24, 2.45) is 11.7 Å². The van der Waals surface area contributed by atoms with E-state index in [1.165, 1.54) is 16.6 Å². The molecule has 0 unspecified atom stereocenters. The number of halogens is 1. The number of anilines is 1. The minimum atomic E-state index is -3.23. The van der Waals surface area contributed by atoms with E-state index in [0.717, 1.165) is 36.8 Å². The lowest BCUT2D eigenvalue weighted by Crippen LogP contribution is -2.39. The minimum Gasteiger partial charge on any atom is -0.325 e. The number of benzene rings is 2. The third kappa shape index (κ3) is 7.09. The molecule has 2 aromatic carbocycles. The van der Waals surface area contributed by atoms with Crippen molar-refractivity contribution in [1.29, 1.82) is 0 Å². The number of amides is 1. The third-order valence-electron chi connectivity index (χ3n) is 7.57. The van der Waals surface area contributed by atoms with Gasteiger partial charge >= 0.3 is 0 Å². The first-order chi connectivity index (χ1) is 18.3. The molecule has 1 saturated carbocycles. The largest absolute Gasteiger partial charge is 0.325 e. The van der Waals surface area contributed by atoms with Crippen molar-refractivity contribution >= 4 is 21.6 Å². The number of pyridine rings is 1. The molecular formula is C30H37FN4O3S. The van der Waals surface area contributed by atoms with Gasteiger partial charge in [0, 0.05) is 41.7 Å². The predicted octanol–water partition coefficient (Wildman–Crippen LogP) is 5.53. The summed E-state index contributed by atoms with van der Waals surface area (Å²) in [6, 6.07) is 16.0. The molecule has 4 rings (SSSR count). The number of carbonyl (C=O) groups excluding carboxylic acids is 1. The van der Waals surface area contributed by atoms with Crippen molar-refractivity contribution in [3.8, 4) is 22.4 Å². The average molecular weight is 553 g/mol. The SMILES string of the molecule is CN(C1CCC(CC(=O)Nc2cnc(-c3ccc(C(C)(C)N)cc3)c(-c3ccccc3F)c2)CC1)S(C)(=O)=O. The van der Waals surface area contributed by atoms with E-state index in [1.807, 2.05) is 38.1 Å². The zero-order valence-corrected chi connectivity index (χ0v) is 23.8. The Balaban J connectivity index is 1.52. The van der Waals surface area contributed by atoms with Gasteiger partial charge in [-0.05, 0) is 63.1 Å². The zero-order chi connectivity index (χ0) is 28.4. The van der Waals surface area contributed by atoms with Crippen LogP contribution in [0.15, 0.2) is 60.8 Å². The highest BCUT2D eigenvalue weighted by atomic mass is 32.2. The summed E-state index contributed by atoms with van der Waals surface area (Å²) in [6.07, 6.45) is 6.18. The fourth-order valence-corrected chi connectivity index (χ4v) is 5.92. The van der Waals surface area contributed by atoms with Gasteiger partial charge in [-0.2, -0.15) is 0 Å². The van der Waals surface area contributed by atoms with E-state index in [0.29, 0.717) is 28.9 Å². The van der Waals surface area contributed by atoms with Crippen molar-refractivity contribution < 1.29 is 17.6 Å². The van der Waals surface area contributed by atoms with Gasteiger partial charge < -0.3 is 11.1 Å². The quantitative estimate of drug-likeness (QED) is 0.382. The molecule has 0 saturated heterocycles. The van der Waals surface area contributed by atoms with Crippen LogP contribution in [0.4, 0.5) is 10.1 Å². The van der Waals surface area contributed by atoms with Crippen LogP contribution in [0.3, 0.4) is 0 Å². The number of aromatic nitrogens is 1. The van der Waals surface area contributed by atoms with Crippen LogP contribution >= 0.6 is 0 Å². The molecule has 0 bridgehead atoms. The van der Waals surface area contributed by atoms with Crippen molar-refractivity contribution in [3.63, 3.8) is 0 Å². The van der Waals surface area contributed by atoms with Crippen LogP contribution in [0.1, 0.15) is 51.5 Å². The lowest BCUT2D eigenvalue weighted by atomic mass is 9.84. The van der Waals surface area contributed by atoms with Crippen molar-refractivity contribution in [2.45, 2.75) is 57.5 Å². The van der Waals surface area contributed by atoms with Crippen LogP contribution in [0.5, 0.6) is 0 Å². The Kier molecular flexibility index (Phi) is 8.54. The van der Waals surface area contributed by atoms with E-state index in [1.54, 1.807) is 37.5 Å². The number of hydrogen-bond acceptors (Lipinski definition) is 5. The van der Waals surface area contributed by atoms with Gasteiger partial charge in [0.1, 0.15) is 5.82 Å². The fourth-order valence-electron chi connectivity index (χ4n) is 5.16. The molecule has 3 N–H and O–H groups in total. The Bertz CT molecular complexity index is 1430. The number of rotatable bonds is 8. The second-order valence-corrected chi connectivity index (χ2v) is 13.1. The Morgan fingerprint density at radius 1 is 1.08 bits per heavy atom. The van der Waals surface area contributed by atoms with Gasteiger partial charge in [0.2, 0.25) is 15.9 Å². The lowest BCUT2D eigenvalue weighted by molar-refractivity contribution is -0.117. The molecule has 0 radical (unpaired) electrons. The summed E-state index contributed by atoms with van der Waals surface area (Å²) in [5.74, 6) is -0.337. The summed E-state index contributed by atoms with van der Waals surface area (Å²) < 4.78 is 40.0. The topological polar surface area (TPSA) is 105 Å². The van der Waals surface area contributed by atoms with Gasteiger partial charge in [0.15, 0.2) is 0 Å². The van der Waals surface area contributed by atoms with Crippen molar-refractivity contribution in [1.82, 2.24) is 9.29 Å². The van der Waals surface area contributed by atoms with E-state index in [-0.39, 0.29) is 23.7 Å². The molecule has 1 aliphatic rings. The second kappa shape index (κ2) is 11.5. The number of carbonyl (C=O) groups is 1. The van der Waals surface area contributed by atoms with E-state index in [9.17, 15) is 17.6 Å². The summed E-state index contributed by atoms with van der Waals surface area (Å²) in [5.41, 5.74) is 9.59. The van der Waals surface area contributed by atoms with E-state index < -0.39 is 15.6 Å². The highest BCUT2D eigenvalue weighted by Gasteiger charge is 2.29. The number of nitrogens with one attached hydrogen (secondary N) is 1. The molecule has 1 aromatic heterocycles. The molecule has 9 heteroatoms. The van der Waals surface area contributed by atoms with E-state index >= 15 is 0 Å². The highest BCUT2D eigenvalue weighted by molar-refractivity contribution is 7.88. The predicted molar refractivity (Wildman–Crippen MR) is 154 cm³/mol. The Labute approximate surface area is 230 Å². The molecule has 1 fully saturated rings. The molecular weight excluding hydrogens is 515 g/mol. The maximum absolute atomic E-state index is 14.9. The van der Waals surface area contributed by atoms with E-state index in [2.05, 4.69) is 10.3 Å². The molecule has 39 heavy (non-hydrogen) atoms. The average Bonchev–Trinajstić information content (AvgIpc) is 2.88. The molecule has 1 amide bonds. The molecule has 1 aliphatic carbocycles. The minimum absolute atomic E-state index is 0.0237. The first kappa shape index (κ1) is 28.9. The van der Waals surface area contributed by atoms with Crippen LogP contribution in [0, 0.1) is 11.7 Å². The van der Waals surface area contributed by atoms with Gasteiger partial charge in [-0.3, -0.25) is 9.78 Å². The number of hydrogen-bond donors (Lipinski definition) is 2. The summed E-state index contributed by atoms with van der Waals surface area (Å²) in [7, 11) is -1.62. The molecule has 1 heterocycles. The Hall–Kier alpha value is -3.14. The van der Waals surface area contributed by atoms with Crippen LogP contribution in [-0.4, -0.2) is 43.0 Å². The molecule has 0 spiro atoms. The Morgan fingerprint density at radius 3 is 2.31 bits per heavy atom. The van der Waals surface area contributed by atoms with Crippen LogP contribution < -0.4 is 11.1 Å². The summed E-state index contributed by atoms with van der Waals surface area (Å²) in [5, 5.41) is 2.94. The first-order valence-corrected chi connectivity index (χ1v) is 15.1. The monoisotopic (exact) mass is 552 g/mol. The van der Waals surface area contributed by atoms with Crippen LogP contribution in [-0.2, 0) is 20.4 Å². The summed E-state index contributed by atoms with van der Waals surface area (Å²) in [6.45, 7) is 3.87. The maximum Gasteiger partial charge on any atom is 0.224 e. The molecule has 7 nitrogen and oxygen atoms in total. The molecule has 0 aliphatic heterocycles. The van der Waals surface area contributed by atoms with Crippen molar-refractivity contribution in [2.75, 3.05) is 18.6 Å². The standard InChI is InChI=1S/C30H37FN4O3S/c1-30(2,32)22-13-11-21(12-14-22)29-26(25-7-5-6-8-27(25)31)18-23(19-33-29)34-28(36)17-20-9-15-24(16-10-20)35(3)39(4,37)38/h5-8,11-14,18-20,24H,9-10,15-17,32H2,1-4H3,(H,34,36). The lowest BCUT2D eigenvalue weighted by Gasteiger charge is -2.33. The van der Waals surface area contributed by atoms with Crippen LogP contribution in [0.2, 0.25) is 0 Å². The summed E-state index contributed by atoms with van der Waals surface area (Å²) >= 11 is 0. The van der Waals surface area contributed by atoms with Gasteiger partial charge in [0.05, 0.1) is 23.8 Å². The maximum atomic E-state index is 14.9.